The molecule has 120 valence electrons. The monoisotopic (exact) mass is 320 g/mol. The summed E-state index contributed by atoms with van der Waals surface area (Å²) in [6.07, 6.45) is 0. The number of rotatable bonds is 2. The van der Waals surface area contributed by atoms with E-state index in [1.807, 2.05) is 0 Å². The van der Waals surface area contributed by atoms with Gasteiger partial charge in [-0.2, -0.15) is 17.6 Å². The van der Waals surface area contributed by atoms with E-state index in [1.165, 1.54) is 13.0 Å². The van der Waals surface area contributed by atoms with Gasteiger partial charge in [-0.25, -0.2) is 0 Å². The van der Waals surface area contributed by atoms with Crippen LogP contribution in [-0.2, 0) is 4.79 Å². The second-order valence-corrected chi connectivity index (χ2v) is 4.98. The predicted molar refractivity (Wildman–Crippen MR) is 68.2 cm³/mol. The molecule has 1 saturated heterocycles. The molecule has 9 heteroatoms. The maximum Gasteiger partial charge on any atom is 0.329 e. The standard InChI is InChI=1S/C13H12F4N2O3/c1-7(20)18-8-2-3-10(21)9(4-8)11(22)19-5-12(14,15)13(16,17)6-19/h2-4,21H,5-6H2,1H3,(H,18,20). The number of benzene rings is 1. The van der Waals surface area contributed by atoms with E-state index in [4.69, 9.17) is 0 Å². The van der Waals surface area contributed by atoms with Gasteiger partial charge in [-0.1, -0.05) is 0 Å². The number of aromatic hydroxyl groups is 1. The van der Waals surface area contributed by atoms with Crippen LogP contribution in [0.4, 0.5) is 23.2 Å². The predicted octanol–water partition coefficient (Wildman–Crippen LogP) is 2.08. The molecule has 1 fully saturated rings. The summed E-state index contributed by atoms with van der Waals surface area (Å²) < 4.78 is 52.5. The van der Waals surface area contributed by atoms with Crippen molar-refractivity contribution in [2.24, 2.45) is 0 Å². The van der Waals surface area contributed by atoms with Gasteiger partial charge in [0.2, 0.25) is 5.91 Å². The Kier molecular flexibility index (Phi) is 3.76. The molecule has 5 nitrogen and oxygen atoms in total. The van der Waals surface area contributed by atoms with Crippen molar-refractivity contribution in [3.05, 3.63) is 23.8 Å². The normalized spacial score (nSPS) is 19.0. The fourth-order valence-corrected chi connectivity index (χ4v) is 2.07. The Balaban J connectivity index is 2.29. The van der Waals surface area contributed by atoms with Gasteiger partial charge in [0, 0.05) is 12.6 Å². The number of carbonyl (C=O) groups excluding carboxylic acids is 2. The number of halogens is 4. The third-order valence-corrected chi connectivity index (χ3v) is 3.15. The van der Waals surface area contributed by atoms with E-state index in [0.29, 0.717) is 0 Å². The van der Waals surface area contributed by atoms with Crippen molar-refractivity contribution in [3.8, 4) is 5.75 Å². The molecule has 22 heavy (non-hydrogen) atoms. The molecule has 0 radical (unpaired) electrons. The molecule has 0 atom stereocenters. The van der Waals surface area contributed by atoms with Gasteiger partial charge in [-0.3, -0.25) is 9.59 Å². The SMILES string of the molecule is CC(=O)Nc1ccc(O)c(C(=O)N2CC(F)(F)C(F)(F)C2)c1. The van der Waals surface area contributed by atoms with Crippen molar-refractivity contribution < 1.29 is 32.3 Å². The fourth-order valence-electron chi connectivity index (χ4n) is 2.07. The van der Waals surface area contributed by atoms with Crippen molar-refractivity contribution in [1.82, 2.24) is 4.90 Å². The van der Waals surface area contributed by atoms with Crippen LogP contribution in [0.3, 0.4) is 0 Å². The molecule has 1 aromatic rings. The van der Waals surface area contributed by atoms with E-state index in [0.717, 1.165) is 12.1 Å². The number of likely N-dealkylation sites (tertiary alicyclic amines) is 1. The Morgan fingerprint density at radius 1 is 1.18 bits per heavy atom. The average molecular weight is 320 g/mol. The molecule has 2 N–H and O–H groups in total. The van der Waals surface area contributed by atoms with Crippen LogP contribution in [-0.4, -0.2) is 46.8 Å². The molecule has 1 aliphatic heterocycles. The zero-order valence-corrected chi connectivity index (χ0v) is 11.4. The van der Waals surface area contributed by atoms with E-state index < -0.39 is 48.1 Å². The summed E-state index contributed by atoms with van der Waals surface area (Å²) in [6, 6.07) is 3.37. The lowest BCUT2D eigenvalue weighted by molar-refractivity contribution is -0.172. The average Bonchev–Trinajstić information content (AvgIpc) is 2.59. The lowest BCUT2D eigenvalue weighted by atomic mass is 10.1. The molecule has 0 bridgehead atoms. The maximum absolute atomic E-state index is 13.1. The largest absolute Gasteiger partial charge is 0.507 e. The number of carbonyl (C=O) groups is 2. The van der Waals surface area contributed by atoms with Gasteiger partial charge in [0.05, 0.1) is 18.7 Å². The topological polar surface area (TPSA) is 69.6 Å². The van der Waals surface area contributed by atoms with Crippen molar-refractivity contribution in [2.45, 2.75) is 18.8 Å². The minimum atomic E-state index is -4.33. The first kappa shape index (κ1) is 16.1. The van der Waals surface area contributed by atoms with Crippen LogP contribution >= 0.6 is 0 Å². The van der Waals surface area contributed by atoms with Crippen molar-refractivity contribution in [3.63, 3.8) is 0 Å². The Morgan fingerprint density at radius 2 is 1.73 bits per heavy atom. The number of amides is 2. The van der Waals surface area contributed by atoms with Crippen molar-refractivity contribution in [2.75, 3.05) is 18.4 Å². The van der Waals surface area contributed by atoms with Gasteiger partial charge in [-0.05, 0) is 18.2 Å². The quantitative estimate of drug-likeness (QED) is 0.647. The van der Waals surface area contributed by atoms with Crippen LogP contribution in [0.1, 0.15) is 17.3 Å². The zero-order chi connectivity index (χ0) is 16.7. The molecule has 1 heterocycles. The molecule has 0 spiro atoms. The number of alkyl halides is 4. The van der Waals surface area contributed by atoms with Crippen LogP contribution in [0.15, 0.2) is 18.2 Å². The molecule has 0 aliphatic carbocycles. The Morgan fingerprint density at radius 3 is 2.23 bits per heavy atom. The van der Waals surface area contributed by atoms with Crippen LogP contribution in [0.2, 0.25) is 0 Å². The van der Waals surface area contributed by atoms with Crippen LogP contribution in [0.25, 0.3) is 0 Å². The second kappa shape index (κ2) is 5.15. The third kappa shape index (κ3) is 2.83. The summed E-state index contributed by atoms with van der Waals surface area (Å²) >= 11 is 0. The number of nitrogens with one attached hydrogen (secondary N) is 1. The first-order valence-electron chi connectivity index (χ1n) is 6.19. The van der Waals surface area contributed by atoms with Gasteiger partial charge < -0.3 is 15.3 Å². The smallest absolute Gasteiger partial charge is 0.329 e. The molecule has 0 saturated carbocycles. The van der Waals surface area contributed by atoms with E-state index in [1.54, 1.807) is 0 Å². The molecular formula is C13H12F4N2O3. The minimum Gasteiger partial charge on any atom is -0.507 e. The lowest BCUT2D eigenvalue weighted by Crippen LogP contribution is -2.38. The second-order valence-electron chi connectivity index (χ2n) is 4.98. The molecule has 0 aromatic heterocycles. The fraction of sp³-hybridized carbons (Fsp3) is 0.385. The number of phenols is 1. The molecule has 2 rings (SSSR count). The van der Waals surface area contributed by atoms with E-state index in [-0.39, 0.29) is 10.6 Å². The molecule has 1 aliphatic rings. The zero-order valence-electron chi connectivity index (χ0n) is 11.4. The highest BCUT2D eigenvalue weighted by atomic mass is 19.3. The van der Waals surface area contributed by atoms with Crippen LogP contribution in [0, 0.1) is 0 Å². The van der Waals surface area contributed by atoms with Gasteiger partial charge in [0.15, 0.2) is 0 Å². The number of nitrogens with zero attached hydrogens (tertiary/aromatic N) is 1. The summed E-state index contributed by atoms with van der Waals surface area (Å²) in [5.74, 6) is -10.8. The summed E-state index contributed by atoms with van der Waals surface area (Å²) in [6.45, 7) is -1.68. The highest BCUT2D eigenvalue weighted by Gasteiger charge is 2.63. The first-order chi connectivity index (χ1) is 10.0. The van der Waals surface area contributed by atoms with Gasteiger partial charge in [0.1, 0.15) is 5.75 Å². The minimum absolute atomic E-state index is 0.131. The first-order valence-corrected chi connectivity index (χ1v) is 6.19. The summed E-state index contributed by atoms with van der Waals surface area (Å²) in [5.41, 5.74) is -0.314. The number of hydrogen-bond donors (Lipinski definition) is 2. The molecule has 2 amide bonds. The summed E-state index contributed by atoms with van der Waals surface area (Å²) in [7, 11) is 0. The number of phenolic OH excluding ortho intramolecular Hbond substituents is 1. The summed E-state index contributed by atoms with van der Waals surface area (Å²) in [5, 5.41) is 12.0. The molecular weight excluding hydrogens is 308 g/mol. The lowest BCUT2D eigenvalue weighted by Gasteiger charge is -2.16. The Labute approximate surface area is 122 Å². The van der Waals surface area contributed by atoms with Crippen LogP contribution in [0.5, 0.6) is 5.75 Å². The number of anilines is 1. The van der Waals surface area contributed by atoms with Crippen molar-refractivity contribution in [1.29, 1.82) is 0 Å². The molecule has 0 unspecified atom stereocenters. The van der Waals surface area contributed by atoms with Gasteiger partial charge >= 0.3 is 11.8 Å². The highest BCUT2D eigenvalue weighted by Crippen LogP contribution is 2.41. The van der Waals surface area contributed by atoms with Gasteiger partial charge in [-0.15, -0.1) is 0 Å². The van der Waals surface area contributed by atoms with E-state index in [9.17, 15) is 32.3 Å². The number of hydrogen-bond acceptors (Lipinski definition) is 3. The van der Waals surface area contributed by atoms with Crippen LogP contribution < -0.4 is 5.32 Å². The van der Waals surface area contributed by atoms with E-state index in [2.05, 4.69) is 5.32 Å². The molecule has 1 aromatic carbocycles. The summed E-state index contributed by atoms with van der Waals surface area (Å²) in [4.78, 5) is 23.3. The highest BCUT2D eigenvalue weighted by molar-refractivity contribution is 5.99. The van der Waals surface area contributed by atoms with Gasteiger partial charge in [0.25, 0.3) is 5.91 Å². The van der Waals surface area contributed by atoms with E-state index >= 15 is 0 Å². The Bertz CT molecular complexity index is 618. The van der Waals surface area contributed by atoms with Crippen molar-refractivity contribution >= 4 is 17.5 Å². The third-order valence-electron chi connectivity index (χ3n) is 3.15. The maximum atomic E-state index is 13.1. The Hall–Kier alpha value is -2.32.